The molecule has 148 valence electrons. The van der Waals surface area contributed by atoms with Crippen LogP contribution >= 0.6 is 22.7 Å². The monoisotopic (exact) mass is 415 g/mol. The van der Waals surface area contributed by atoms with E-state index in [0.29, 0.717) is 0 Å². The van der Waals surface area contributed by atoms with Crippen LogP contribution in [0.5, 0.6) is 0 Å². The number of hydrogen-bond acceptors (Lipinski definition) is 6. The number of aromatic nitrogens is 1. The summed E-state index contributed by atoms with van der Waals surface area (Å²) in [4.78, 5) is 16.5. The van der Waals surface area contributed by atoms with E-state index in [1.165, 1.54) is 21.6 Å². The van der Waals surface area contributed by atoms with Gasteiger partial charge in [0, 0.05) is 41.5 Å². The Morgan fingerprint density at radius 1 is 1.39 bits per heavy atom. The number of thiophene rings is 2. The number of hydrogen-bond donors (Lipinski definition) is 1. The lowest BCUT2D eigenvalue weighted by Crippen LogP contribution is -2.35. The summed E-state index contributed by atoms with van der Waals surface area (Å²) in [6.07, 6.45) is 1.77. The maximum Gasteiger partial charge on any atom is 0.252 e. The Labute approximate surface area is 173 Å². The second-order valence-corrected chi connectivity index (χ2v) is 9.27. The minimum absolute atomic E-state index is 0.0550. The van der Waals surface area contributed by atoms with Gasteiger partial charge in [-0.25, -0.2) is 0 Å². The average molecular weight is 416 g/mol. The molecule has 1 atom stereocenters. The number of nitrogens with zero attached hydrogens (tertiary/aromatic N) is 2. The van der Waals surface area contributed by atoms with Gasteiger partial charge in [0.05, 0.1) is 11.3 Å². The van der Waals surface area contributed by atoms with E-state index >= 15 is 0 Å². The number of aryl methyl sites for hydroxylation is 2. The van der Waals surface area contributed by atoms with E-state index in [0.717, 1.165) is 49.5 Å². The molecule has 0 spiro atoms. The number of amides is 1. The Bertz CT molecular complexity index is 939. The van der Waals surface area contributed by atoms with Gasteiger partial charge >= 0.3 is 0 Å². The lowest BCUT2D eigenvalue weighted by atomic mass is 10.0. The highest BCUT2D eigenvalue weighted by molar-refractivity contribution is 7.10. The fourth-order valence-electron chi connectivity index (χ4n) is 3.77. The Balaban J connectivity index is 1.40. The first kappa shape index (κ1) is 19.4. The molecule has 0 saturated heterocycles. The van der Waals surface area contributed by atoms with Crippen LogP contribution in [0.2, 0.25) is 0 Å². The molecule has 0 bridgehead atoms. The molecule has 0 fully saturated rings. The Hall–Kier alpha value is -1.96. The molecule has 1 N–H and O–H groups in total. The molecule has 0 aromatic carbocycles. The van der Waals surface area contributed by atoms with Crippen LogP contribution in [0.15, 0.2) is 26.7 Å². The minimum Gasteiger partial charge on any atom is -0.361 e. The topological polar surface area (TPSA) is 58.4 Å². The van der Waals surface area contributed by atoms with Crippen molar-refractivity contribution in [1.29, 1.82) is 0 Å². The minimum atomic E-state index is 0.0550. The van der Waals surface area contributed by atoms with Crippen molar-refractivity contribution in [2.24, 2.45) is 0 Å². The summed E-state index contributed by atoms with van der Waals surface area (Å²) >= 11 is 3.39. The van der Waals surface area contributed by atoms with E-state index in [9.17, 15) is 4.79 Å². The Morgan fingerprint density at radius 2 is 2.25 bits per heavy atom. The van der Waals surface area contributed by atoms with Crippen LogP contribution in [0.4, 0.5) is 0 Å². The summed E-state index contributed by atoms with van der Waals surface area (Å²) in [6, 6.07) is 2.24. The summed E-state index contributed by atoms with van der Waals surface area (Å²) in [7, 11) is 0. The van der Waals surface area contributed by atoms with Crippen molar-refractivity contribution in [3.05, 3.63) is 60.8 Å². The van der Waals surface area contributed by atoms with Gasteiger partial charge in [-0.15, -0.1) is 11.3 Å². The number of carbonyl (C=O) groups is 1. The number of carbonyl (C=O) groups excluding carboxylic acids is 1. The van der Waals surface area contributed by atoms with Crippen LogP contribution < -0.4 is 5.32 Å². The molecule has 7 heteroatoms. The average Bonchev–Trinajstić information content (AvgIpc) is 3.38. The normalized spacial score (nSPS) is 15.4. The zero-order chi connectivity index (χ0) is 19.7. The molecular formula is C21H25N3O2S2. The molecule has 1 aliphatic rings. The SMILES string of the molecule is Cc1noc(C)c1CN1CCc2c(C(=O)NC(C)Cc3ccsc3)csc2C1. The Morgan fingerprint density at radius 3 is 2.96 bits per heavy atom. The van der Waals surface area contributed by atoms with Crippen LogP contribution in [0.3, 0.4) is 0 Å². The van der Waals surface area contributed by atoms with Gasteiger partial charge in [0.1, 0.15) is 5.76 Å². The van der Waals surface area contributed by atoms with E-state index in [4.69, 9.17) is 4.52 Å². The zero-order valence-corrected chi connectivity index (χ0v) is 18.1. The number of nitrogens with one attached hydrogen (secondary N) is 1. The van der Waals surface area contributed by atoms with E-state index in [1.54, 1.807) is 22.7 Å². The van der Waals surface area contributed by atoms with E-state index in [1.807, 2.05) is 19.2 Å². The lowest BCUT2D eigenvalue weighted by molar-refractivity contribution is 0.0939. The molecule has 1 amide bonds. The van der Waals surface area contributed by atoms with Gasteiger partial charge in [0.25, 0.3) is 5.91 Å². The summed E-state index contributed by atoms with van der Waals surface area (Å²) < 4.78 is 5.29. The third-order valence-electron chi connectivity index (χ3n) is 5.33. The summed E-state index contributed by atoms with van der Waals surface area (Å²) in [5, 5.41) is 13.5. The molecule has 3 aromatic rings. The van der Waals surface area contributed by atoms with Gasteiger partial charge in [0.2, 0.25) is 0 Å². The van der Waals surface area contributed by atoms with Gasteiger partial charge in [-0.2, -0.15) is 11.3 Å². The molecule has 1 unspecified atom stereocenters. The molecule has 1 aliphatic heterocycles. The fraction of sp³-hybridized carbons (Fsp3) is 0.429. The van der Waals surface area contributed by atoms with E-state index in [2.05, 4.69) is 39.1 Å². The second-order valence-electron chi connectivity index (χ2n) is 7.52. The molecule has 0 radical (unpaired) electrons. The van der Waals surface area contributed by atoms with Gasteiger partial charge in [0.15, 0.2) is 0 Å². The predicted molar refractivity (Wildman–Crippen MR) is 113 cm³/mol. The lowest BCUT2D eigenvalue weighted by Gasteiger charge is -2.27. The van der Waals surface area contributed by atoms with E-state index in [-0.39, 0.29) is 11.9 Å². The van der Waals surface area contributed by atoms with Crippen molar-refractivity contribution in [2.75, 3.05) is 6.54 Å². The first-order valence-electron chi connectivity index (χ1n) is 9.56. The van der Waals surface area contributed by atoms with Gasteiger partial charge < -0.3 is 9.84 Å². The summed E-state index contributed by atoms with van der Waals surface area (Å²) in [5.74, 6) is 0.952. The molecule has 3 aromatic heterocycles. The molecule has 4 rings (SSSR count). The quantitative estimate of drug-likeness (QED) is 0.651. The number of fused-ring (bicyclic) bond motifs is 1. The van der Waals surface area contributed by atoms with Crippen molar-refractivity contribution in [2.45, 2.75) is 52.7 Å². The van der Waals surface area contributed by atoms with Gasteiger partial charge in [-0.3, -0.25) is 9.69 Å². The Kier molecular flexibility index (Phi) is 5.66. The highest BCUT2D eigenvalue weighted by Crippen LogP contribution is 2.30. The third-order valence-corrected chi connectivity index (χ3v) is 7.08. The maximum atomic E-state index is 12.8. The molecule has 5 nitrogen and oxygen atoms in total. The fourth-order valence-corrected chi connectivity index (χ4v) is 5.58. The molecular weight excluding hydrogens is 390 g/mol. The molecule has 0 saturated carbocycles. The smallest absolute Gasteiger partial charge is 0.252 e. The van der Waals surface area contributed by atoms with Crippen molar-refractivity contribution in [3.63, 3.8) is 0 Å². The van der Waals surface area contributed by atoms with Crippen molar-refractivity contribution < 1.29 is 9.32 Å². The number of rotatable bonds is 6. The largest absolute Gasteiger partial charge is 0.361 e. The van der Waals surface area contributed by atoms with Crippen molar-refractivity contribution in [3.8, 4) is 0 Å². The van der Waals surface area contributed by atoms with E-state index < -0.39 is 0 Å². The highest BCUT2D eigenvalue weighted by Gasteiger charge is 2.25. The first-order chi connectivity index (χ1) is 13.5. The third kappa shape index (κ3) is 4.06. The van der Waals surface area contributed by atoms with Crippen LogP contribution in [0.1, 0.15) is 50.3 Å². The first-order valence-corrected chi connectivity index (χ1v) is 11.4. The van der Waals surface area contributed by atoms with Crippen LogP contribution in [-0.2, 0) is 25.9 Å². The second kappa shape index (κ2) is 8.19. The predicted octanol–water partition coefficient (Wildman–Crippen LogP) is 4.33. The summed E-state index contributed by atoms with van der Waals surface area (Å²) in [6.45, 7) is 8.69. The zero-order valence-electron chi connectivity index (χ0n) is 16.4. The van der Waals surface area contributed by atoms with Gasteiger partial charge in [-0.05, 0) is 61.6 Å². The van der Waals surface area contributed by atoms with Crippen molar-refractivity contribution in [1.82, 2.24) is 15.4 Å². The molecule has 28 heavy (non-hydrogen) atoms. The van der Waals surface area contributed by atoms with Crippen LogP contribution in [0, 0.1) is 13.8 Å². The molecule has 4 heterocycles. The van der Waals surface area contributed by atoms with Crippen LogP contribution in [0.25, 0.3) is 0 Å². The summed E-state index contributed by atoms with van der Waals surface area (Å²) in [5.41, 5.74) is 5.50. The van der Waals surface area contributed by atoms with Crippen LogP contribution in [-0.4, -0.2) is 28.6 Å². The molecule has 0 aliphatic carbocycles. The van der Waals surface area contributed by atoms with Gasteiger partial charge in [-0.1, -0.05) is 5.16 Å². The maximum absolute atomic E-state index is 12.8. The standard InChI is InChI=1S/C21H25N3O2S2/c1-13(8-16-5-7-27-11-16)22-21(25)19-12-28-20-10-24(6-4-17(19)20)9-18-14(2)23-26-15(18)3/h5,7,11-13H,4,6,8-10H2,1-3H3,(H,22,25). The highest BCUT2D eigenvalue weighted by atomic mass is 32.1. The van der Waals surface area contributed by atoms with Crippen molar-refractivity contribution >= 4 is 28.6 Å².